The molecule has 37 heavy (non-hydrogen) atoms. The lowest BCUT2D eigenvalue weighted by Crippen LogP contribution is -2.57. The molecule has 0 radical (unpaired) electrons. The molecule has 4 aromatic rings. The molecule has 3 aliphatic heterocycles. The number of nitrogens with zero attached hydrogens (tertiary/aromatic N) is 6. The predicted octanol–water partition coefficient (Wildman–Crippen LogP) is 3.90. The molecule has 192 valence electrons. The highest BCUT2D eigenvalue weighted by Crippen LogP contribution is 2.35. The zero-order valence-electron chi connectivity index (χ0n) is 19.9. The number of fused-ring (bicyclic) bond motifs is 3. The van der Waals surface area contributed by atoms with E-state index in [1.807, 2.05) is 30.3 Å². The first-order valence-electron chi connectivity index (χ1n) is 11.9. The summed E-state index contributed by atoms with van der Waals surface area (Å²) in [5.41, 5.74) is 2.53. The molecule has 3 aromatic heterocycles. The first kappa shape index (κ1) is 23.5. The van der Waals surface area contributed by atoms with Crippen molar-refractivity contribution in [3.05, 3.63) is 54.5 Å². The maximum Gasteiger partial charge on any atom is 0.405 e. The van der Waals surface area contributed by atoms with Crippen molar-refractivity contribution in [2.45, 2.75) is 31.3 Å². The SMILES string of the molecule is COc1ccc(Cn2nc(-c3cc(N4C[C@H]5C[C@@H](C4)O5)ncn3)c3c(NCC(F)(F)F)nccc32)cc1. The van der Waals surface area contributed by atoms with Crippen LogP contribution in [-0.4, -0.2) is 69.9 Å². The molecule has 1 aromatic carbocycles. The smallest absolute Gasteiger partial charge is 0.405 e. The van der Waals surface area contributed by atoms with Crippen molar-refractivity contribution in [3.8, 4) is 17.1 Å². The second kappa shape index (κ2) is 9.18. The van der Waals surface area contributed by atoms with Gasteiger partial charge in [-0.3, -0.25) is 4.68 Å². The number of methoxy groups -OCH3 is 1. The van der Waals surface area contributed by atoms with Crippen LogP contribution >= 0.6 is 0 Å². The van der Waals surface area contributed by atoms with E-state index in [0.717, 1.165) is 36.6 Å². The van der Waals surface area contributed by atoms with Gasteiger partial charge in [0.15, 0.2) is 0 Å². The normalized spacial score (nSPS) is 19.1. The Morgan fingerprint density at radius 1 is 1.08 bits per heavy atom. The van der Waals surface area contributed by atoms with Gasteiger partial charge in [0.25, 0.3) is 0 Å². The molecule has 0 unspecified atom stereocenters. The number of ether oxygens (including phenoxy) is 2. The standard InChI is InChI=1S/C25H24F3N7O2/c1-36-16-4-2-15(3-5-16)10-35-20-6-7-29-24(30-13-25(26,27)28)22(20)23(33-35)19-9-21(32-14-31-19)34-11-17-8-18(12-34)37-17/h2-7,9,14,17-18H,8,10-13H2,1H3,(H,29,30)/t17-,18+. The number of nitrogens with one attached hydrogen (secondary N) is 1. The van der Waals surface area contributed by atoms with E-state index in [9.17, 15) is 13.2 Å². The number of halogens is 3. The molecule has 0 aliphatic carbocycles. The summed E-state index contributed by atoms with van der Waals surface area (Å²) >= 11 is 0. The van der Waals surface area contributed by atoms with Crippen LogP contribution in [0.2, 0.25) is 0 Å². The second-order valence-electron chi connectivity index (χ2n) is 9.16. The first-order valence-corrected chi connectivity index (χ1v) is 11.9. The number of alkyl halides is 3. The molecule has 2 atom stereocenters. The fourth-order valence-electron chi connectivity index (χ4n) is 4.84. The Hall–Kier alpha value is -3.93. The summed E-state index contributed by atoms with van der Waals surface area (Å²) < 4.78 is 51.9. The monoisotopic (exact) mass is 511 g/mol. The molecule has 3 fully saturated rings. The van der Waals surface area contributed by atoms with Gasteiger partial charge in [0.2, 0.25) is 0 Å². The molecule has 0 saturated carbocycles. The average Bonchev–Trinajstić information content (AvgIpc) is 3.26. The van der Waals surface area contributed by atoms with Crippen LogP contribution in [0.3, 0.4) is 0 Å². The lowest BCUT2D eigenvalue weighted by atomic mass is 9.99. The summed E-state index contributed by atoms with van der Waals surface area (Å²) in [7, 11) is 1.60. The molecular formula is C25H24F3N7O2. The molecule has 7 rings (SSSR count). The fourth-order valence-corrected chi connectivity index (χ4v) is 4.84. The summed E-state index contributed by atoms with van der Waals surface area (Å²) in [4.78, 5) is 15.2. The zero-order valence-corrected chi connectivity index (χ0v) is 19.9. The van der Waals surface area contributed by atoms with E-state index in [2.05, 4.69) is 25.2 Å². The van der Waals surface area contributed by atoms with Crippen molar-refractivity contribution in [1.29, 1.82) is 0 Å². The van der Waals surface area contributed by atoms with E-state index in [1.54, 1.807) is 17.9 Å². The van der Waals surface area contributed by atoms with Crippen LogP contribution in [0, 0.1) is 0 Å². The van der Waals surface area contributed by atoms with Crippen molar-refractivity contribution < 1.29 is 22.6 Å². The average molecular weight is 512 g/mol. The van der Waals surface area contributed by atoms with E-state index in [1.165, 1.54) is 12.5 Å². The highest BCUT2D eigenvalue weighted by atomic mass is 19.4. The topological polar surface area (TPSA) is 90.2 Å². The lowest BCUT2D eigenvalue weighted by Gasteiger charge is -2.47. The van der Waals surface area contributed by atoms with Crippen LogP contribution in [0.4, 0.5) is 24.8 Å². The largest absolute Gasteiger partial charge is 0.497 e. The predicted molar refractivity (Wildman–Crippen MR) is 131 cm³/mol. The Morgan fingerprint density at radius 3 is 2.54 bits per heavy atom. The molecule has 9 nitrogen and oxygen atoms in total. The molecule has 3 saturated heterocycles. The quantitative estimate of drug-likeness (QED) is 0.400. The van der Waals surface area contributed by atoms with Crippen molar-refractivity contribution >= 4 is 22.5 Å². The van der Waals surface area contributed by atoms with Crippen LogP contribution in [-0.2, 0) is 11.3 Å². The van der Waals surface area contributed by atoms with Crippen LogP contribution in [0.25, 0.3) is 22.3 Å². The minimum Gasteiger partial charge on any atom is -0.497 e. The van der Waals surface area contributed by atoms with E-state index in [4.69, 9.17) is 14.6 Å². The summed E-state index contributed by atoms with van der Waals surface area (Å²) in [5.74, 6) is 1.56. The number of aromatic nitrogens is 5. The summed E-state index contributed by atoms with van der Waals surface area (Å²) in [6.45, 7) is 0.654. The lowest BCUT2D eigenvalue weighted by molar-refractivity contribution is -0.133. The van der Waals surface area contributed by atoms with Gasteiger partial charge < -0.3 is 19.7 Å². The Bertz CT molecular complexity index is 1410. The summed E-state index contributed by atoms with van der Waals surface area (Å²) in [6, 6.07) is 11.1. The maximum atomic E-state index is 13.1. The molecule has 1 N–H and O–H groups in total. The number of morpholine rings is 1. The number of rotatable bonds is 7. The third-order valence-electron chi connectivity index (χ3n) is 6.59. The minimum atomic E-state index is -4.40. The molecule has 2 bridgehead atoms. The summed E-state index contributed by atoms with van der Waals surface area (Å²) in [6.07, 6.45) is -0.0214. The van der Waals surface area contributed by atoms with E-state index in [0.29, 0.717) is 28.8 Å². The van der Waals surface area contributed by atoms with Gasteiger partial charge in [-0.2, -0.15) is 18.3 Å². The molecule has 6 heterocycles. The van der Waals surface area contributed by atoms with Crippen LogP contribution in [0.1, 0.15) is 12.0 Å². The summed E-state index contributed by atoms with van der Waals surface area (Å²) in [5, 5.41) is 7.71. The highest BCUT2D eigenvalue weighted by molar-refractivity contribution is 6.00. The molecule has 0 spiro atoms. The molecule has 0 amide bonds. The van der Waals surface area contributed by atoms with Gasteiger partial charge in [-0.25, -0.2) is 15.0 Å². The maximum absolute atomic E-state index is 13.1. The first-order chi connectivity index (χ1) is 17.9. The van der Waals surface area contributed by atoms with Gasteiger partial charge in [-0.05, 0) is 23.8 Å². The van der Waals surface area contributed by atoms with Crippen molar-refractivity contribution in [1.82, 2.24) is 24.7 Å². The van der Waals surface area contributed by atoms with Gasteiger partial charge >= 0.3 is 6.18 Å². The van der Waals surface area contributed by atoms with Crippen LogP contribution < -0.4 is 15.0 Å². The number of piperidine rings is 1. The number of benzene rings is 1. The van der Waals surface area contributed by atoms with Crippen LogP contribution in [0.5, 0.6) is 5.75 Å². The fraction of sp³-hybridized carbons (Fsp3) is 0.360. The highest BCUT2D eigenvalue weighted by Gasteiger charge is 2.39. The Labute approximate surface area is 210 Å². The van der Waals surface area contributed by atoms with Gasteiger partial charge in [0.05, 0.1) is 42.5 Å². The third kappa shape index (κ3) is 4.76. The molecular weight excluding hydrogens is 487 g/mol. The number of hydrogen-bond acceptors (Lipinski definition) is 8. The second-order valence-corrected chi connectivity index (χ2v) is 9.16. The molecule has 3 aliphatic rings. The Balaban J connectivity index is 1.41. The van der Waals surface area contributed by atoms with Gasteiger partial charge in [-0.15, -0.1) is 0 Å². The zero-order chi connectivity index (χ0) is 25.6. The van der Waals surface area contributed by atoms with E-state index >= 15 is 0 Å². The Kier molecular flexibility index (Phi) is 5.82. The van der Waals surface area contributed by atoms with Gasteiger partial charge in [0, 0.05) is 31.8 Å². The molecule has 12 heteroatoms. The van der Waals surface area contributed by atoms with Gasteiger partial charge in [-0.1, -0.05) is 12.1 Å². The van der Waals surface area contributed by atoms with Crippen molar-refractivity contribution in [2.24, 2.45) is 0 Å². The number of pyridine rings is 1. The van der Waals surface area contributed by atoms with Gasteiger partial charge in [0.1, 0.15) is 36.0 Å². The number of hydrogen-bond donors (Lipinski definition) is 1. The minimum absolute atomic E-state index is 0.0959. The van der Waals surface area contributed by atoms with E-state index < -0.39 is 12.7 Å². The number of anilines is 2. The van der Waals surface area contributed by atoms with Crippen molar-refractivity contribution in [2.75, 3.05) is 37.0 Å². The Morgan fingerprint density at radius 2 is 1.84 bits per heavy atom. The van der Waals surface area contributed by atoms with Crippen LogP contribution in [0.15, 0.2) is 48.9 Å². The third-order valence-corrected chi connectivity index (χ3v) is 6.59. The van der Waals surface area contributed by atoms with E-state index in [-0.39, 0.29) is 18.0 Å². The van der Waals surface area contributed by atoms with Crippen molar-refractivity contribution in [3.63, 3.8) is 0 Å².